The van der Waals surface area contributed by atoms with Crippen LogP contribution in [0.15, 0.2) is 16.5 Å². The molecule has 0 aromatic carbocycles. The van der Waals surface area contributed by atoms with E-state index in [1.165, 1.54) is 0 Å². The van der Waals surface area contributed by atoms with Crippen LogP contribution < -0.4 is 5.32 Å². The second kappa shape index (κ2) is 3.48. The van der Waals surface area contributed by atoms with Crippen molar-refractivity contribution < 1.29 is 9.21 Å². The first-order valence-electron chi connectivity index (χ1n) is 5.06. The Morgan fingerprint density at radius 3 is 2.93 bits per heavy atom. The summed E-state index contributed by atoms with van der Waals surface area (Å²) in [6, 6.07) is 4.17. The molecule has 3 heteroatoms. The largest absolute Gasteiger partial charge is 0.466 e. The van der Waals surface area contributed by atoms with Gasteiger partial charge in [-0.15, -0.1) is 0 Å². The average Bonchev–Trinajstić information content (AvgIpc) is 2.71. The Kier molecular flexibility index (Phi) is 2.32. The maximum absolute atomic E-state index is 11.3. The Morgan fingerprint density at radius 1 is 1.57 bits per heavy atom. The molecule has 0 saturated carbocycles. The van der Waals surface area contributed by atoms with Gasteiger partial charge in [0.15, 0.2) is 0 Å². The number of nitrogens with one attached hydrogen (secondary N) is 1. The highest BCUT2D eigenvalue weighted by atomic mass is 16.3. The number of rotatable bonds is 2. The fourth-order valence-corrected chi connectivity index (χ4v) is 2.05. The van der Waals surface area contributed by atoms with Crippen molar-refractivity contribution in [2.45, 2.75) is 38.6 Å². The molecular formula is C11H15NO2. The van der Waals surface area contributed by atoms with E-state index in [1.54, 1.807) is 0 Å². The molecule has 2 unspecified atom stereocenters. The molecule has 2 heterocycles. The molecule has 0 bridgehead atoms. The number of hydrogen-bond acceptors (Lipinski definition) is 2. The lowest BCUT2D eigenvalue weighted by atomic mass is 9.96. The van der Waals surface area contributed by atoms with Crippen LogP contribution in [0.5, 0.6) is 0 Å². The first-order chi connectivity index (χ1) is 6.70. The number of amides is 1. The normalized spacial score (nSPS) is 26.6. The molecule has 2 atom stereocenters. The predicted molar refractivity (Wildman–Crippen MR) is 53.0 cm³/mol. The van der Waals surface area contributed by atoms with Gasteiger partial charge < -0.3 is 9.73 Å². The maximum atomic E-state index is 11.3. The number of aryl methyl sites for hydroxylation is 1. The third-order valence-electron chi connectivity index (χ3n) is 2.80. The van der Waals surface area contributed by atoms with E-state index in [-0.39, 0.29) is 17.9 Å². The summed E-state index contributed by atoms with van der Waals surface area (Å²) in [7, 11) is 0. The van der Waals surface area contributed by atoms with Crippen LogP contribution in [0.1, 0.15) is 37.2 Å². The van der Waals surface area contributed by atoms with E-state index in [2.05, 4.69) is 12.2 Å². The molecule has 0 spiro atoms. The zero-order chi connectivity index (χ0) is 10.1. The lowest BCUT2D eigenvalue weighted by Crippen LogP contribution is -2.27. The zero-order valence-corrected chi connectivity index (χ0v) is 8.54. The smallest absolute Gasteiger partial charge is 0.221 e. The van der Waals surface area contributed by atoms with E-state index in [0.717, 1.165) is 17.9 Å². The number of carbonyl (C=O) groups excluding carboxylic acids is 1. The molecule has 76 valence electrons. The second-order valence-corrected chi connectivity index (χ2v) is 3.84. The quantitative estimate of drug-likeness (QED) is 0.780. The van der Waals surface area contributed by atoms with Crippen LogP contribution in [0.2, 0.25) is 0 Å². The summed E-state index contributed by atoms with van der Waals surface area (Å²) in [5, 5.41) is 2.96. The standard InChI is InChI=1S/C11H15NO2/c1-3-9-8(6-11(13)12-9)10-5-4-7(2)14-10/h4-5,8-9H,3,6H2,1-2H3,(H,12,13). The molecular weight excluding hydrogens is 178 g/mol. The Morgan fingerprint density at radius 2 is 2.36 bits per heavy atom. The molecule has 1 amide bonds. The van der Waals surface area contributed by atoms with E-state index >= 15 is 0 Å². The minimum absolute atomic E-state index is 0.135. The summed E-state index contributed by atoms with van der Waals surface area (Å²) >= 11 is 0. The molecule has 1 saturated heterocycles. The molecule has 1 aromatic heterocycles. The third kappa shape index (κ3) is 1.54. The van der Waals surface area contributed by atoms with Crippen LogP contribution in [-0.2, 0) is 4.79 Å². The van der Waals surface area contributed by atoms with E-state index in [4.69, 9.17) is 4.42 Å². The minimum atomic E-state index is 0.135. The second-order valence-electron chi connectivity index (χ2n) is 3.84. The van der Waals surface area contributed by atoms with E-state index in [0.29, 0.717) is 6.42 Å². The fraction of sp³-hybridized carbons (Fsp3) is 0.545. The van der Waals surface area contributed by atoms with Gasteiger partial charge in [-0.05, 0) is 25.5 Å². The summed E-state index contributed by atoms with van der Waals surface area (Å²) in [6.07, 6.45) is 1.52. The van der Waals surface area contributed by atoms with Crippen molar-refractivity contribution in [2.75, 3.05) is 0 Å². The van der Waals surface area contributed by atoms with Crippen molar-refractivity contribution in [1.29, 1.82) is 0 Å². The van der Waals surface area contributed by atoms with Gasteiger partial charge in [0.1, 0.15) is 11.5 Å². The van der Waals surface area contributed by atoms with Crippen molar-refractivity contribution in [2.24, 2.45) is 0 Å². The lowest BCUT2D eigenvalue weighted by Gasteiger charge is -2.14. The van der Waals surface area contributed by atoms with Crippen LogP contribution in [0, 0.1) is 6.92 Å². The molecule has 3 nitrogen and oxygen atoms in total. The maximum Gasteiger partial charge on any atom is 0.221 e. The van der Waals surface area contributed by atoms with Gasteiger partial charge in [0.2, 0.25) is 5.91 Å². The minimum Gasteiger partial charge on any atom is -0.466 e. The van der Waals surface area contributed by atoms with Crippen LogP contribution in [-0.4, -0.2) is 11.9 Å². The van der Waals surface area contributed by atoms with Crippen molar-refractivity contribution >= 4 is 5.91 Å². The summed E-state index contributed by atoms with van der Waals surface area (Å²) in [5.41, 5.74) is 0. The van der Waals surface area contributed by atoms with Crippen molar-refractivity contribution in [3.63, 3.8) is 0 Å². The molecule has 1 fully saturated rings. The van der Waals surface area contributed by atoms with Gasteiger partial charge in [-0.2, -0.15) is 0 Å². The van der Waals surface area contributed by atoms with Gasteiger partial charge in [0.05, 0.1) is 0 Å². The molecule has 0 radical (unpaired) electrons. The summed E-state index contributed by atoms with van der Waals surface area (Å²) in [4.78, 5) is 11.3. The first kappa shape index (κ1) is 9.31. The van der Waals surface area contributed by atoms with Crippen LogP contribution in [0.4, 0.5) is 0 Å². The van der Waals surface area contributed by atoms with Gasteiger partial charge >= 0.3 is 0 Å². The first-order valence-corrected chi connectivity index (χ1v) is 5.06. The molecule has 0 aliphatic carbocycles. The number of carbonyl (C=O) groups is 1. The van der Waals surface area contributed by atoms with Gasteiger partial charge in [-0.3, -0.25) is 4.79 Å². The predicted octanol–water partition coefficient (Wildman–Crippen LogP) is 1.97. The topological polar surface area (TPSA) is 42.2 Å². The Labute approximate surface area is 83.5 Å². The van der Waals surface area contributed by atoms with Crippen LogP contribution >= 0.6 is 0 Å². The molecule has 1 aliphatic heterocycles. The zero-order valence-electron chi connectivity index (χ0n) is 8.54. The third-order valence-corrected chi connectivity index (χ3v) is 2.80. The van der Waals surface area contributed by atoms with Crippen LogP contribution in [0.25, 0.3) is 0 Å². The van der Waals surface area contributed by atoms with Crippen molar-refractivity contribution in [3.8, 4) is 0 Å². The molecule has 1 N–H and O–H groups in total. The lowest BCUT2D eigenvalue weighted by molar-refractivity contribution is -0.119. The molecule has 1 aromatic rings. The van der Waals surface area contributed by atoms with Crippen molar-refractivity contribution in [3.05, 3.63) is 23.7 Å². The highest BCUT2D eigenvalue weighted by Gasteiger charge is 2.33. The molecule has 1 aliphatic rings. The highest BCUT2D eigenvalue weighted by molar-refractivity contribution is 5.80. The number of hydrogen-bond donors (Lipinski definition) is 1. The summed E-state index contributed by atoms with van der Waals surface area (Å²) in [6.45, 7) is 4.01. The van der Waals surface area contributed by atoms with Gasteiger partial charge in [-0.1, -0.05) is 6.92 Å². The Balaban J connectivity index is 2.21. The summed E-state index contributed by atoms with van der Waals surface area (Å²) < 4.78 is 5.56. The highest BCUT2D eigenvalue weighted by Crippen LogP contribution is 2.30. The van der Waals surface area contributed by atoms with Crippen molar-refractivity contribution in [1.82, 2.24) is 5.32 Å². The Hall–Kier alpha value is -1.25. The monoisotopic (exact) mass is 193 g/mol. The van der Waals surface area contributed by atoms with Gasteiger partial charge in [0, 0.05) is 18.4 Å². The van der Waals surface area contributed by atoms with Crippen LogP contribution in [0.3, 0.4) is 0 Å². The fourth-order valence-electron chi connectivity index (χ4n) is 2.05. The SMILES string of the molecule is CCC1NC(=O)CC1c1ccc(C)o1. The number of furan rings is 1. The molecule has 2 rings (SSSR count). The summed E-state index contributed by atoms with van der Waals surface area (Å²) in [5.74, 6) is 2.21. The van der Waals surface area contributed by atoms with E-state index in [9.17, 15) is 4.79 Å². The molecule has 14 heavy (non-hydrogen) atoms. The van der Waals surface area contributed by atoms with E-state index < -0.39 is 0 Å². The van der Waals surface area contributed by atoms with Gasteiger partial charge in [0.25, 0.3) is 0 Å². The Bertz CT molecular complexity index is 343. The van der Waals surface area contributed by atoms with E-state index in [1.807, 2.05) is 19.1 Å². The average molecular weight is 193 g/mol. The van der Waals surface area contributed by atoms with Gasteiger partial charge in [-0.25, -0.2) is 0 Å².